The summed E-state index contributed by atoms with van der Waals surface area (Å²) in [5, 5.41) is 11.0. The van der Waals surface area contributed by atoms with Crippen molar-refractivity contribution >= 4 is 0 Å². The summed E-state index contributed by atoms with van der Waals surface area (Å²) in [7, 11) is 0. The molecule has 0 amide bonds. The molecule has 0 atom stereocenters. The maximum Gasteiger partial charge on any atom is 0.123 e. The van der Waals surface area contributed by atoms with E-state index in [1.165, 1.54) is 68.1 Å². The van der Waals surface area contributed by atoms with Gasteiger partial charge in [-0.1, -0.05) is 96.6 Å². The maximum absolute atomic E-state index is 11.0. The topological polar surface area (TPSA) is 20.2 Å². The molecule has 0 unspecified atom stereocenters. The minimum absolute atomic E-state index is 0.401. The molecule has 0 aromatic heterocycles. The van der Waals surface area contributed by atoms with Crippen molar-refractivity contribution in [2.45, 2.75) is 97.8 Å². The van der Waals surface area contributed by atoms with Gasteiger partial charge in [-0.05, 0) is 59.9 Å². The minimum atomic E-state index is 0.401. The molecule has 1 nitrogen and oxygen atoms in total. The van der Waals surface area contributed by atoms with E-state index in [9.17, 15) is 5.11 Å². The Hall–Kier alpha value is -1.76. The lowest BCUT2D eigenvalue weighted by atomic mass is 9.82. The van der Waals surface area contributed by atoms with Crippen LogP contribution in [0.25, 0.3) is 11.1 Å². The van der Waals surface area contributed by atoms with Crippen molar-refractivity contribution in [3.8, 4) is 16.9 Å². The van der Waals surface area contributed by atoms with E-state index >= 15 is 0 Å². The van der Waals surface area contributed by atoms with E-state index < -0.39 is 0 Å². The van der Waals surface area contributed by atoms with Crippen LogP contribution in [-0.2, 0) is 12.8 Å². The zero-order valence-electron chi connectivity index (χ0n) is 18.6. The lowest BCUT2D eigenvalue weighted by Gasteiger charge is -2.23. The van der Waals surface area contributed by atoms with Crippen LogP contribution >= 0.6 is 0 Å². The fourth-order valence-corrected chi connectivity index (χ4v) is 4.32. The van der Waals surface area contributed by atoms with Crippen LogP contribution in [0.15, 0.2) is 36.4 Å². The number of aryl methyl sites for hydroxylation is 1. The second kappa shape index (κ2) is 11.9. The predicted octanol–water partition coefficient (Wildman–Crippen LogP) is 8.43. The maximum atomic E-state index is 11.0. The summed E-state index contributed by atoms with van der Waals surface area (Å²) in [5.74, 6) is 0.857. The zero-order valence-corrected chi connectivity index (χ0v) is 18.6. The molecule has 1 N–H and O–H groups in total. The van der Waals surface area contributed by atoms with Crippen molar-refractivity contribution in [3.05, 3.63) is 53.1 Å². The second-order valence-corrected chi connectivity index (χ2v) is 8.46. The average Bonchev–Trinajstić information content (AvgIpc) is 2.69. The number of hydrogen-bond donors (Lipinski definition) is 1. The first kappa shape index (κ1) is 22.5. The molecule has 0 saturated heterocycles. The normalized spacial score (nSPS) is 11.3. The Balaban J connectivity index is 2.46. The monoisotopic (exact) mass is 380 g/mol. The third-order valence-corrected chi connectivity index (χ3v) is 5.77. The van der Waals surface area contributed by atoms with Crippen molar-refractivity contribution < 1.29 is 5.11 Å². The van der Waals surface area contributed by atoms with E-state index in [4.69, 9.17) is 0 Å². The van der Waals surface area contributed by atoms with E-state index in [0.29, 0.717) is 11.7 Å². The van der Waals surface area contributed by atoms with Crippen LogP contribution < -0.4 is 0 Å². The first-order chi connectivity index (χ1) is 13.6. The molecular formula is C27H40O. The van der Waals surface area contributed by atoms with Crippen LogP contribution in [0.4, 0.5) is 0 Å². The Bertz CT molecular complexity index is 700. The molecule has 0 spiro atoms. The Morgan fingerprint density at radius 1 is 0.786 bits per heavy atom. The van der Waals surface area contributed by atoms with E-state index in [0.717, 1.165) is 24.0 Å². The highest BCUT2D eigenvalue weighted by Gasteiger charge is 2.20. The van der Waals surface area contributed by atoms with Gasteiger partial charge in [-0.2, -0.15) is 0 Å². The number of unbranched alkanes of at least 4 members (excludes halogenated alkanes) is 6. The summed E-state index contributed by atoms with van der Waals surface area (Å²) < 4.78 is 0. The molecule has 2 rings (SSSR count). The molecule has 0 saturated carbocycles. The Morgan fingerprint density at radius 3 is 1.96 bits per heavy atom. The molecule has 2 aromatic rings. The molecule has 0 radical (unpaired) electrons. The predicted molar refractivity (Wildman–Crippen MR) is 123 cm³/mol. The molecule has 154 valence electrons. The summed E-state index contributed by atoms with van der Waals surface area (Å²) in [4.78, 5) is 0. The average molecular weight is 381 g/mol. The van der Waals surface area contributed by atoms with Crippen LogP contribution in [0.1, 0.15) is 102 Å². The Labute approximate surface area is 173 Å². The first-order valence-electron chi connectivity index (χ1n) is 11.5. The lowest BCUT2D eigenvalue weighted by molar-refractivity contribution is 0.474. The highest BCUT2D eigenvalue weighted by Crippen LogP contribution is 2.41. The fourth-order valence-electron chi connectivity index (χ4n) is 4.32. The smallest absolute Gasteiger partial charge is 0.123 e. The third kappa shape index (κ3) is 6.12. The summed E-state index contributed by atoms with van der Waals surface area (Å²) in [6.45, 7) is 9.08. The van der Waals surface area contributed by atoms with Gasteiger partial charge in [-0.3, -0.25) is 0 Å². The zero-order chi connectivity index (χ0) is 20.4. The van der Waals surface area contributed by atoms with Gasteiger partial charge in [-0.15, -0.1) is 0 Å². The van der Waals surface area contributed by atoms with Gasteiger partial charge in [0.2, 0.25) is 0 Å². The largest absolute Gasteiger partial charge is 0.507 e. The number of phenols is 1. The van der Waals surface area contributed by atoms with Gasteiger partial charge in [-0.25, -0.2) is 0 Å². The van der Waals surface area contributed by atoms with Gasteiger partial charge in [0.25, 0.3) is 0 Å². The van der Waals surface area contributed by atoms with Crippen LogP contribution in [0.3, 0.4) is 0 Å². The Kier molecular flexibility index (Phi) is 9.61. The number of aromatic hydroxyl groups is 1. The molecule has 28 heavy (non-hydrogen) atoms. The van der Waals surface area contributed by atoms with Crippen molar-refractivity contribution in [2.24, 2.45) is 0 Å². The number of benzene rings is 2. The number of phenolic OH excluding ortho intramolecular Hbond substituents is 1. The van der Waals surface area contributed by atoms with Crippen LogP contribution in [0, 0.1) is 0 Å². The molecule has 0 bridgehead atoms. The van der Waals surface area contributed by atoms with Gasteiger partial charge in [0.05, 0.1) is 0 Å². The number of hydrogen-bond acceptors (Lipinski definition) is 1. The van der Waals surface area contributed by atoms with Gasteiger partial charge in [0, 0.05) is 5.56 Å². The second-order valence-electron chi connectivity index (χ2n) is 8.46. The number of rotatable bonds is 12. The van der Waals surface area contributed by atoms with Crippen molar-refractivity contribution in [1.82, 2.24) is 0 Å². The highest BCUT2D eigenvalue weighted by molar-refractivity contribution is 5.76. The minimum Gasteiger partial charge on any atom is -0.507 e. The van der Waals surface area contributed by atoms with Crippen LogP contribution in [0.2, 0.25) is 0 Å². The summed E-state index contributed by atoms with van der Waals surface area (Å²) in [6, 6.07) is 12.5. The fraction of sp³-hybridized carbons (Fsp3) is 0.556. The molecular weight excluding hydrogens is 340 g/mol. The quantitative estimate of drug-likeness (QED) is 0.366. The summed E-state index contributed by atoms with van der Waals surface area (Å²) >= 11 is 0. The standard InChI is InChI=1S/C27H40O/c1-5-7-9-12-18-23-20-25(28)27(22-16-13-11-14-17-22)26(21(3)4)24(23)19-15-10-8-6-2/h11,13-14,16-17,20-21,28H,5-10,12,15,18-19H2,1-4H3. The molecule has 2 aromatic carbocycles. The van der Waals surface area contributed by atoms with Gasteiger partial charge < -0.3 is 5.11 Å². The van der Waals surface area contributed by atoms with Gasteiger partial charge in [0.1, 0.15) is 5.75 Å². The van der Waals surface area contributed by atoms with Crippen LogP contribution in [0.5, 0.6) is 5.75 Å². The van der Waals surface area contributed by atoms with Gasteiger partial charge >= 0.3 is 0 Å². The Morgan fingerprint density at radius 2 is 1.39 bits per heavy atom. The van der Waals surface area contributed by atoms with Gasteiger partial charge in [0.15, 0.2) is 0 Å². The third-order valence-electron chi connectivity index (χ3n) is 5.77. The van der Waals surface area contributed by atoms with E-state index in [1.54, 1.807) is 0 Å². The van der Waals surface area contributed by atoms with E-state index in [2.05, 4.69) is 58.0 Å². The summed E-state index contributed by atoms with van der Waals surface area (Å²) in [5.41, 5.74) is 6.45. The molecule has 0 aliphatic carbocycles. The molecule has 0 aliphatic rings. The summed E-state index contributed by atoms with van der Waals surface area (Å²) in [6.07, 6.45) is 12.4. The highest BCUT2D eigenvalue weighted by atomic mass is 16.3. The lowest BCUT2D eigenvalue weighted by Crippen LogP contribution is -2.06. The molecule has 0 fully saturated rings. The van der Waals surface area contributed by atoms with Crippen molar-refractivity contribution in [3.63, 3.8) is 0 Å². The SMILES string of the molecule is CCCCCCc1cc(O)c(-c2ccccc2)c(C(C)C)c1CCCCCC. The van der Waals surface area contributed by atoms with E-state index in [1.807, 2.05) is 6.07 Å². The molecule has 0 heterocycles. The van der Waals surface area contributed by atoms with Crippen molar-refractivity contribution in [1.29, 1.82) is 0 Å². The van der Waals surface area contributed by atoms with E-state index in [-0.39, 0.29) is 0 Å². The van der Waals surface area contributed by atoms with Crippen molar-refractivity contribution in [2.75, 3.05) is 0 Å². The molecule has 0 aliphatic heterocycles. The van der Waals surface area contributed by atoms with Crippen LogP contribution in [-0.4, -0.2) is 5.11 Å². The molecule has 1 heteroatoms. The first-order valence-corrected chi connectivity index (χ1v) is 11.5.